The van der Waals surface area contributed by atoms with E-state index in [4.69, 9.17) is 5.73 Å². The Hall–Kier alpha value is -1.39. The molecule has 1 aromatic heterocycles. The molecular formula is C11H13FN2O. The van der Waals surface area contributed by atoms with Crippen molar-refractivity contribution in [2.75, 3.05) is 6.54 Å². The number of fused-ring (bicyclic) bond motifs is 1. The highest BCUT2D eigenvalue weighted by molar-refractivity contribution is 5.81. The van der Waals surface area contributed by atoms with Crippen LogP contribution in [-0.4, -0.2) is 16.2 Å². The van der Waals surface area contributed by atoms with Crippen molar-refractivity contribution in [2.45, 2.75) is 6.10 Å². The van der Waals surface area contributed by atoms with E-state index < -0.39 is 11.9 Å². The molecule has 0 fully saturated rings. The zero-order valence-corrected chi connectivity index (χ0v) is 8.44. The molecule has 0 aliphatic rings. The van der Waals surface area contributed by atoms with Gasteiger partial charge in [0.1, 0.15) is 5.82 Å². The van der Waals surface area contributed by atoms with Gasteiger partial charge in [-0.2, -0.15) is 0 Å². The number of benzene rings is 1. The summed E-state index contributed by atoms with van der Waals surface area (Å²) < 4.78 is 15.4. The molecule has 80 valence electrons. The van der Waals surface area contributed by atoms with E-state index in [9.17, 15) is 9.50 Å². The fraction of sp³-hybridized carbons (Fsp3) is 0.273. The number of hydrogen-bond acceptors (Lipinski definition) is 2. The van der Waals surface area contributed by atoms with E-state index in [0.717, 1.165) is 10.9 Å². The van der Waals surface area contributed by atoms with Gasteiger partial charge < -0.3 is 15.4 Å². The third kappa shape index (κ3) is 1.62. The third-order valence-corrected chi connectivity index (χ3v) is 2.59. The maximum atomic E-state index is 13.5. The number of aliphatic hydroxyl groups excluding tert-OH is 1. The van der Waals surface area contributed by atoms with E-state index in [1.165, 1.54) is 6.07 Å². The molecule has 1 unspecified atom stereocenters. The molecule has 1 atom stereocenters. The Bertz CT molecular complexity index is 493. The average molecular weight is 208 g/mol. The molecule has 0 saturated heterocycles. The normalized spacial score (nSPS) is 13.3. The quantitative estimate of drug-likeness (QED) is 0.781. The van der Waals surface area contributed by atoms with Gasteiger partial charge in [0.25, 0.3) is 0 Å². The minimum absolute atomic E-state index is 0.0207. The van der Waals surface area contributed by atoms with Crippen LogP contribution in [0.15, 0.2) is 24.4 Å². The zero-order chi connectivity index (χ0) is 11.0. The molecule has 0 amide bonds. The molecule has 0 bridgehead atoms. The van der Waals surface area contributed by atoms with Crippen LogP contribution >= 0.6 is 0 Å². The molecular weight excluding hydrogens is 195 g/mol. The molecule has 0 saturated carbocycles. The lowest BCUT2D eigenvalue weighted by molar-refractivity contribution is 0.182. The molecule has 0 aliphatic carbocycles. The van der Waals surface area contributed by atoms with Crippen LogP contribution in [0.1, 0.15) is 11.7 Å². The van der Waals surface area contributed by atoms with Gasteiger partial charge in [0.2, 0.25) is 0 Å². The first-order valence-corrected chi connectivity index (χ1v) is 4.76. The monoisotopic (exact) mass is 208 g/mol. The van der Waals surface area contributed by atoms with Gasteiger partial charge in [-0.15, -0.1) is 0 Å². The number of nitrogens with zero attached hydrogens (tertiary/aromatic N) is 1. The van der Waals surface area contributed by atoms with E-state index in [1.807, 2.05) is 23.9 Å². The summed E-state index contributed by atoms with van der Waals surface area (Å²) in [5.74, 6) is -0.411. The van der Waals surface area contributed by atoms with E-state index in [1.54, 1.807) is 6.07 Å². The summed E-state index contributed by atoms with van der Waals surface area (Å²) in [6.45, 7) is 0.0207. The summed E-state index contributed by atoms with van der Waals surface area (Å²) in [5.41, 5.74) is 6.45. The standard InChI is InChI=1S/C11H13FN2O/c1-14-3-2-7-4-9(12)8(5-10(7)14)11(15)6-13/h2-5,11,15H,6,13H2,1H3. The number of aliphatic hydroxyl groups is 1. The first kappa shape index (κ1) is 10.1. The summed E-state index contributed by atoms with van der Waals surface area (Å²) in [6, 6.07) is 4.89. The van der Waals surface area contributed by atoms with Crippen molar-refractivity contribution in [3.63, 3.8) is 0 Å². The predicted molar refractivity (Wildman–Crippen MR) is 56.9 cm³/mol. The number of aryl methyl sites for hydroxylation is 1. The maximum Gasteiger partial charge on any atom is 0.129 e. The Balaban J connectivity index is 2.64. The summed E-state index contributed by atoms with van der Waals surface area (Å²) in [4.78, 5) is 0. The molecule has 2 rings (SSSR count). The molecule has 0 radical (unpaired) electrons. The van der Waals surface area contributed by atoms with Crippen LogP contribution in [0.4, 0.5) is 4.39 Å². The first-order chi connectivity index (χ1) is 7.13. The number of aromatic nitrogens is 1. The lowest BCUT2D eigenvalue weighted by Crippen LogP contribution is -2.13. The van der Waals surface area contributed by atoms with Gasteiger partial charge in [-0.05, 0) is 18.2 Å². The van der Waals surface area contributed by atoms with Gasteiger partial charge >= 0.3 is 0 Å². The van der Waals surface area contributed by atoms with Crippen molar-refractivity contribution in [3.8, 4) is 0 Å². The van der Waals surface area contributed by atoms with Gasteiger partial charge in [0.15, 0.2) is 0 Å². The molecule has 1 heterocycles. The first-order valence-electron chi connectivity index (χ1n) is 4.76. The van der Waals surface area contributed by atoms with Crippen LogP contribution in [0.5, 0.6) is 0 Å². The Morgan fingerprint density at radius 1 is 1.53 bits per heavy atom. The Morgan fingerprint density at radius 2 is 2.27 bits per heavy atom. The minimum atomic E-state index is -0.940. The van der Waals surface area contributed by atoms with Crippen molar-refractivity contribution in [2.24, 2.45) is 12.8 Å². The van der Waals surface area contributed by atoms with Crippen molar-refractivity contribution in [3.05, 3.63) is 35.8 Å². The van der Waals surface area contributed by atoms with E-state index >= 15 is 0 Å². The molecule has 3 nitrogen and oxygen atoms in total. The van der Waals surface area contributed by atoms with Crippen molar-refractivity contribution < 1.29 is 9.50 Å². The molecule has 15 heavy (non-hydrogen) atoms. The number of hydrogen-bond donors (Lipinski definition) is 2. The fourth-order valence-electron chi connectivity index (χ4n) is 1.69. The Morgan fingerprint density at radius 3 is 2.93 bits per heavy atom. The number of halogens is 1. The SMILES string of the molecule is Cn1ccc2cc(F)c(C(O)CN)cc21. The molecule has 1 aromatic carbocycles. The van der Waals surface area contributed by atoms with Gasteiger partial charge in [0, 0.05) is 36.3 Å². The lowest BCUT2D eigenvalue weighted by atomic mass is 10.1. The lowest BCUT2D eigenvalue weighted by Gasteiger charge is -2.10. The smallest absolute Gasteiger partial charge is 0.129 e. The minimum Gasteiger partial charge on any atom is -0.387 e. The highest BCUT2D eigenvalue weighted by Gasteiger charge is 2.13. The Labute approximate surface area is 86.9 Å². The van der Waals surface area contributed by atoms with Crippen molar-refractivity contribution in [1.82, 2.24) is 4.57 Å². The zero-order valence-electron chi connectivity index (χ0n) is 8.44. The van der Waals surface area contributed by atoms with Crippen LogP contribution in [0.3, 0.4) is 0 Å². The second kappa shape index (κ2) is 3.64. The molecule has 2 aromatic rings. The fourth-order valence-corrected chi connectivity index (χ4v) is 1.69. The predicted octanol–water partition coefficient (Wildman–Crippen LogP) is 1.31. The van der Waals surface area contributed by atoms with E-state index in [-0.39, 0.29) is 12.1 Å². The van der Waals surface area contributed by atoms with Crippen LogP contribution < -0.4 is 5.73 Å². The van der Waals surface area contributed by atoms with Gasteiger partial charge in [-0.25, -0.2) is 4.39 Å². The van der Waals surface area contributed by atoms with Crippen LogP contribution in [0.25, 0.3) is 10.9 Å². The van der Waals surface area contributed by atoms with Gasteiger partial charge in [-0.1, -0.05) is 0 Å². The highest BCUT2D eigenvalue weighted by atomic mass is 19.1. The number of nitrogens with two attached hydrogens (primary N) is 1. The summed E-state index contributed by atoms with van der Waals surface area (Å²) in [5, 5.41) is 10.3. The van der Waals surface area contributed by atoms with Gasteiger partial charge in [0.05, 0.1) is 6.10 Å². The summed E-state index contributed by atoms with van der Waals surface area (Å²) >= 11 is 0. The Kier molecular flexibility index (Phi) is 2.46. The maximum absolute atomic E-state index is 13.5. The molecule has 4 heteroatoms. The third-order valence-electron chi connectivity index (χ3n) is 2.59. The van der Waals surface area contributed by atoms with Crippen molar-refractivity contribution in [1.29, 1.82) is 0 Å². The van der Waals surface area contributed by atoms with Gasteiger partial charge in [-0.3, -0.25) is 0 Å². The second-order valence-electron chi connectivity index (χ2n) is 3.61. The number of rotatable bonds is 2. The van der Waals surface area contributed by atoms with Crippen LogP contribution in [-0.2, 0) is 7.05 Å². The summed E-state index contributed by atoms with van der Waals surface area (Å²) in [7, 11) is 1.87. The molecule has 0 spiro atoms. The largest absolute Gasteiger partial charge is 0.387 e. The van der Waals surface area contributed by atoms with Crippen LogP contribution in [0, 0.1) is 5.82 Å². The molecule has 3 N–H and O–H groups in total. The molecule has 0 aliphatic heterocycles. The second-order valence-corrected chi connectivity index (χ2v) is 3.61. The van der Waals surface area contributed by atoms with E-state index in [2.05, 4.69) is 0 Å². The van der Waals surface area contributed by atoms with Crippen LogP contribution in [0.2, 0.25) is 0 Å². The summed E-state index contributed by atoms with van der Waals surface area (Å²) in [6.07, 6.45) is 0.909. The average Bonchev–Trinajstić information content (AvgIpc) is 2.58. The van der Waals surface area contributed by atoms with Crippen molar-refractivity contribution >= 4 is 10.9 Å². The van der Waals surface area contributed by atoms with E-state index in [0.29, 0.717) is 0 Å². The topological polar surface area (TPSA) is 51.2 Å². The highest BCUT2D eigenvalue weighted by Crippen LogP contribution is 2.23.